The molecular weight excluding hydrogens is 214 g/mol. The Hall–Kier alpha value is -0.120. The van der Waals surface area contributed by atoms with Gasteiger partial charge in [-0.15, -0.1) is 0 Å². The maximum Gasteiger partial charge on any atom is 0.114 e. The summed E-state index contributed by atoms with van der Waals surface area (Å²) in [6.07, 6.45) is 7.33. The topological polar surface area (TPSA) is 41.5 Å². The van der Waals surface area contributed by atoms with Crippen molar-refractivity contribution >= 4 is 0 Å². The lowest BCUT2D eigenvalue weighted by atomic mass is 9.56. The van der Waals surface area contributed by atoms with Crippen LogP contribution in [-0.4, -0.2) is 30.6 Å². The van der Waals surface area contributed by atoms with Crippen LogP contribution in [0.25, 0.3) is 0 Å². The zero-order valence-corrected chi connectivity index (χ0v) is 10.8. The van der Waals surface area contributed by atoms with E-state index in [1.54, 1.807) is 0 Å². The zero-order valence-electron chi connectivity index (χ0n) is 10.8. The standard InChI is InChI=1S/C14H25NO2/c1-14(13-15-6-7-17-13)9-11(16)8-10-4-2-3-5-12(10)14/h10-13,15-16H,2-9H2,1H3. The highest BCUT2D eigenvalue weighted by atomic mass is 16.5. The second kappa shape index (κ2) is 4.52. The highest BCUT2D eigenvalue weighted by Crippen LogP contribution is 2.52. The summed E-state index contributed by atoms with van der Waals surface area (Å²) in [5.74, 6) is 1.47. The van der Waals surface area contributed by atoms with Crippen LogP contribution in [0.5, 0.6) is 0 Å². The van der Waals surface area contributed by atoms with Crippen molar-refractivity contribution in [1.29, 1.82) is 0 Å². The van der Waals surface area contributed by atoms with Crippen LogP contribution in [0.15, 0.2) is 0 Å². The van der Waals surface area contributed by atoms with Gasteiger partial charge in [-0.1, -0.05) is 26.2 Å². The van der Waals surface area contributed by atoms with E-state index in [4.69, 9.17) is 4.74 Å². The second-order valence-electron chi connectivity index (χ2n) is 6.46. The molecule has 17 heavy (non-hydrogen) atoms. The molecular formula is C14H25NO2. The quantitative estimate of drug-likeness (QED) is 0.734. The van der Waals surface area contributed by atoms with Crippen LogP contribution in [0.2, 0.25) is 0 Å². The molecule has 0 amide bonds. The van der Waals surface area contributed by atoms with Crippen LogP contribution in [0.3, 0.4) is 0 Å². The van der Waals surface area contributed by atoms with Crippen LogP contribution in [0, 0.1) is 17.3 Å². The number of rotatable bonds is 1. The van der Waals surface area contributed by atoms with Crippen LogP contribution in [0.4, 0.5) is 0 Å². The summed E-state index contributed by atoms with van der Waals surface area (Å²) in [5.41, 5.74) is 0.138. The summed E-state index contributed by atoms with van der Waals surface area (Å²) in [6.45, 7) is 4.13. The first kappa shape index (κ1) is 11.9. The molecule has 0 bridgehead atoms. The van der Waals surface area contributed by atoms with Gasteiger partial charge in [-0.25, -0.2) is 0 Å². The largest absolute Gasteiger partial charge is 0.393 e. The Bertz CT molecular complexity index is 277. The van der Waals surface area contributed by atoms with Crippen LogP contribution in [-0.2, 0) is 4.74 Å². The van der Waals surface area contributed by atoms with Gasteiger partial charge in [0.15, 0.2) is 0 Å². The van der Waals surface area contributed by atoms with E-state index in [-0.39, 0.29) is 17.7 Å². The molecule has 0 aromatic heterocycles. The minimum Gasteiger partial charge on any atom is -0.393 e. The Labute approximate surface area is 104 Å². The Morgan fingerprint density at radius 3 is 2.88 bits per heavy atom. The van der Waals surface area contributed by atoms with E-state index in [9.17, 15) is 5.11 Å². The molecule has 0 spiro atoms. The molecule has 5 atom stereocenters. The van der Waals surface area contributed by atoms with Crippen LogP contribution < -0.4 is 5.32 Å². The Morgan fingerprint density at radius 1 is 1.29 bits per heavy atom. The smallest absolute Gasteiger partial charge is 0.114 e. The Morgan fingerprint density at radius 2 is 2.12 bits per heavy atom. The molecule has 0 aromatic rings. The van der Waals surface area contributed by atoms with Gasteiger partial charge in [-0.2, -0.15) is 0 Å². The third kappa shape index (κ3) is 2.02. The number of aliphatic hydroxyl groups is 1. The van der Waals surface area contributed by atoms with Crippen molar-refractivity contribution < 1.29 is 9.84 Å². The first-order valence-corrected chi connectivity index (χ1v) is 7.23. The van der Waals surface area contributed by atoms with Crippen molar-refractivity contribution in [3.8, 4) is 0 Å². The molecule has 3 rings (SSSR count). The average Bonchev–Trinajstić information content (AvgIpc) is 2.82. The molecule has 98 valence electrons. The third-order valence-corrected chi connectivity index (χ3v) is 5.32. The van der Waals surface area contributed by atoms with Gasteiger partial charge < -0.3 is 9.84 Å². The van der Waals surface area contributed by atoms with Crippen molar-refractivity contribution in [3.63, 3.8) is 0 Å². The highest BCUT2D eigenvalue weighted by molar-refractivity contribution is 5.00. The lowest BCUT2D eigenvalue weighted by Gasteiger charge is -2.52. The lowest BCUT2D eigenvalue weighted by Crippen LogP contribution is -2.53. The Balaban J connectivity index is 1.83. The van der Waals surface area contributed by atoms with Crippen molar-refractivity contribution in [1.82, 2.24) is 5.32 Å². The highest BCUT2D eigenvalue weighted by Gasteiger charge is 2.51. The maximum atomic E-state index is 10.2. The predicted octanol–water partition coefficient (Wildman–Crippen LogP) is 1.90. The summed E-state index contributed by atoms with van der Waals surface area (Å²) in [7, 11) is 0. The van der Waals surface area contributed by atoms with E-state index in [1.807, 2.05) is 0 Å². The van der Waals surface area contributed by atoms with Gasteiger partial charge in [0, 0.05) is 12.0 Å². The fourth-order valence-corrected chi connectivity index (χ4v) is 4.60. The van der Waals surface area contributed by atoms with E-state index >= 15 is 0 Å². The van der Waals surface area contributed by atoms with Gasteiger partial charge in [-0.05, 0) is 31.1 Å². The average molecular weight is 239 g/mol. The molecule has 0 aromatic carbocycles. The molecule has 2 saturated carbocycles. The minimum atomic E-state index is -0.120. The van der Waals surface area contributed by atoms with Gasteiger partial charge in [0.25, 0.3) is 0 Å². The lowest BCUT2D eigenvalue weighted by molar-refractivity contribution is -0.121. The van der Waals surface area contributed by atoms with Crippen molar-refractivity contribution in [2.24, 2.45) is 17.3 Å². The molecule has 3 nitrogen and oxygen atoms in total. The fraction of sp³-hybridized carbons (Fsp3) is 1.00. The fourth-order valence-electron chi connectivity index (χ4n) is 4.60. The monoisotopic (exact) mass is 239 g/mol. The summed E-state index contributed by atoms with van der Waals surface area (Å²) in [5, 5.41) is 13.6. The maximum absolute atomic E-state index is 10.2. The van der Waals surface area contributed by atoms with Gasteiger partial charge in [-0.3, -0.25) is 5.32 Å². The number of aliphatic hydroxyl groups excluding tert-OH is 1. The van der Waals surface area contributed by atoms with Crippen molar-refractivity contribution in [3.05, 3.63) is 0 Å². The SMILES string of the molecule is CC1(C2NCCO2)CC(O)CC2CCCCC21. The van der Waals surface area contributed by atoms with E-state index in [0.29, 0.717) is 0 Å². The zero-order chi connectivity index (χ0) is 11.9. The molecule has 3 aliphatic rings. The summed E-state index contributed by atoms with van der Waals surface area (Å²) in [4.78, 5) is 0. The van der Waals surface area contributed by atoms with E-state index in [1.165, 1.54) is 25.7 Å². The number of fused-ring (bicyclic) bond motifs is 1. The first-order chi connectivity index (χ1) is 8.20. The minimum absolute atomic E-state index is 0.120. The molecule has 1 aliphatic heterocycles. The van der Waals surface area contributed by atoms with Crippen LogP contribution >= 0.6 is 0 Å². The molecule has 2 N–H and O–H groups in total. The second-order valence-corrected chi connectivity index (χ2v) is 6.46. The number of hydrogen-bond donors (Lipinski definition) is 2. The number of nitrogens with one attached hydrogen (secondary N) is 1. The van der Waals surface area contributed by atoms with Crippen molar-refractivity contribution in [2.45, 2.75) is 57.8 Å². The van der Waals surface area contributed by atoms with Gasteiger partial charge in [0.1, 0.15) is 6.23 Å². The first-order valence-electron chi connectivity index (χ1n) is 7.23. The summed E-state index contributed by atoms with van der Waals surface area (Å²) < 4.78 is 5.87. The molecule has 2 aliphatic carbocycles. The van der Waals surface area contributed by atoms with Gasteiger partial charge in [0.2, 0.25) is 0 Å². The van der Waals surface area contributed by atoms with Gasteiger partial charge in [0.05, 0.1) is 12.7 Å². The van der Waals surface area contributed by atoms with Gasteiger partial charge >= 0.3 is 0 Å². The summed E-state index contributed by atoms with van der Waals surface area (Å²) >= 11 is 0. The third-order valence-electron chi connectivity index (χ3n) is 5.32. The van der Waals surface area contributed by atoms with E-state index < -0.39 is 0 Å². The summed E-state index contributed by atoms with van der Waals surface area (Å²) in [6, 6.07) is 0. The Kier molecular flexibility index (Phi) is 3.18. The van der Waals surface area contributed by atoms with E-state index in [2.05, 4.69) is 12.2 Å². The molecule has 1 saturated heterocycles. The number of ether oxygens (including phenoxy) is 1. The van der Waals surface area contributed by atoms with Crippen LogP contribution in [0.1, 0.15) is 45.4 Å². The molecule has 0 radical (unpaired) electrons. The van der Waals surface area contributed by atoms with Crippen molar-refractivity contribution in [2.75, 3.05) is 13.2 Å². The molecule has 3 fully saturated rings. The normalized spacial score (nSPS) is 51.2. The molecule has 5 unspecified atom stereocenters. The number of hydrogen-bond acceptors (Lipinski definition) is 3. The molecule has 1 heterocycles. The predicted molar refractivity (Wildman–Crippen MR) is 66.5 cm³/mol. The van der Waals surface area contributed by atoms with E-state index in [0.717, 1.165) is 37.8 Å². The molecule has 3 heteroatoms.